The van der Waals surface area contributed by atoms with E-state index in [1.165, 1.54) is 30.7 Å². The molecule has 1 atom stereocenters. The molecule has 2 amide bonds. The summed E-state index contributed by atoms with van der Waals surface area (Å²) in [5, 5.41) is 15.3. The molecule has 0 aliphatic carbocycles. The van der Waals surface area contributed by atoms with E-state index < -0.39 is 29.7 Å². The summed E-state index contributed by atoms with van der Waals surface area (Å²) in [6.45, 7) is 1.74. The minimum Gasteiger partial charge on any atom is -0.383 e. The Morgan fingerprint density at radius 3 is 2.38 bits per heavy atom. The molecule has 3 N–H and O–H groups in total. The lowest BCUT2D eigenvalue weighted by Crippen LogP contribution is -2.34. The molecule has 220 valence electrons. The van der Waals surface area contributed by atoms with E-state index in [0.29, 0.717) is 39.6 Å². The number of alkyl halides is 3. The minimum absolute atomic E-state index is 0. The summed E-state index contributed by atoms with van der Waals surface area (Å²) in [5.41, 5.74) is 2.42. The predicted octanol–water partition coefficient (Wildman–Crippen LogP) is 5.39. The van der Waals surface area contributed by atoms with Crippen molar-refractivity contribution in [1.82, 2.24) is 9.97 Å². The van der Waals surface area contributed by atoms with E-state index in [2.05, 4.69) is 25.5 Å². The minimum atomic E-state index is -4.46. The Labute approximate surface area is 246 Å². The molecule has 2 aliphatic rings. The monoisotopic (exact) mass is 599 g/mol. The summed E-state index contributed by atoms with van der Waals surface area (Å²) in [4.78, 5) is 35.6. The lowest BCUT2D eigenvalue weighted by Gasteiger charge is -2.26. The molecular formula is C30H29ClF3N5O3. The first-order valence-electron chi connectivity index (χ1n) is 13.2. The number of fused-ring (bicyclic) bond motifs is 1. The van der Waals surface area contributed by atoms with Crippen molar-refractivity contribution in [2.24, 2.45) is 0 Å². The van der Waals surface area contributed by atoms with E-state index in [1.807, 2.05) is 0 Å². The number of hydrogen-bond acceptors (Lipinski definition) is 6. The topological polar surface area (TPSA) is 107 Å². The van der Waals surface area contributed by atoms with E-state index in [0.717, 1.165) is 38.1 Å². The third-order valence-electron chi connectivity index (χ3n) is 7.01. The second-order valence-corrected chi connectivity index (χ2v) is 9.86. The number of aliphatic hydroxyl groups is 1. The molecule has 0 bridgehead atoms. The lowest BCUT2D eigenvalue weighted by atomic mass is 9.98. The van der Waals surface area contributed by atoms with Crippen LogP contribution in [0.3, 0.4) is 0 Å². The van der Waals surface area contributed by atoms with Gasteiger partial charge in [0, 0.05) is 60.5 Å². The zero-order chi connectivity index (χ0) is 29.0. The number of amides is 2. The molecule has 1 saturated heterocycles. The van der Waals surface area contributed by atoms with Crippen LogP contribution in [0, 0.1) is 0 Å². The van der Waals surface area contributed by atoms with Crippen LogP contribution < -0.4 is 15.5 Å². The fourth-order valence-corrected chi connectivity index (χ4v) is 4.86. The summed E-state index contributed by atoms with van der Waals surface area (Å²) >= 11 is 0. The van der Waals surface area contributed by atoms with Crippen LogP contribution in [0.1, 0.15) is 41.5 Å². The van der Waals surface area contributed by atoms with Crippen molar-refractivity contribution in [2.45, 2.75) is 38.0 Å². The summed E-state index contributed by atoms with van der Waals surface area (Å²) in [6, 6.07) is 9.78. The van der Waals surface area contributed by atoms with Crippen LogP contribution in [0.15, 0.2) is 73.1 Å². The molecule has 1 unspecified atom stereocenters. The zero-order valence-electron chi connectivity index (χ0n) is 22.4. The maximum absolute atomic E-state index is 13.2. The normalized spacial score (nSPS) is 17.3. The Morgan fingerprint density at radius 1 is 1.02 bits per heavy atom. The number of carbonyl (C=O) groups excluding carboxylic acids is 2. The highest BCUT2D eigenvalue weighted by atomic mass is 35.5. The van der Waals surface area contributed by atoms with Gasteiger partial charge in [-0.25, -0.2) is 9.97 Å². The summed E-state index contributed by atoms with van der Waals surface area (Å²) in [5.74, 6) is -0.373. The molecule has 12 heteroatoms. The highest BCUT2D eigenvalue weighted by Crippen LogP contribution is 2.32. The van der Waals surface area contributed by atoms with E-state index in [4.69, 9.17) is 0 Å². The Morgan fingerprint density at radius 2 is 1.71 bits per heavy atom. The number of carbonyl (C=O) groups is 2. The van der Waals surface area contributed by atoms with Crippen LogP contribution in [-0.4, -0.2) is 46.1 Å². The number of nitrogens with zero attached hydrogens (tertiary/aromatic N) is 3. The second kappa shape index (κ2) is 13.2. The molecule has 3 aromatic rings. The van der Waals surface area contributed by atoms with E-state index in [9.17, 15) is 27.9 Å². The number of hydrogen-bond donors (Lipinski definition) is 3. The zero-order valence-corrected chi connectivity index (χ0v) is 23.2. The number of benzene rings is 2. The number of nitrogens with one attached hydrogen (secondary N) is 2. The van der Waals surface area contributed by atoms with Crippen LogP contribution >= 0.6 is 12.4 Å². The highest BCUT2D eigenvalue weighted by molar-refractivity contribution is 6.03. The van der Waals surface area contributed by atoms with Crippen LogP contribution in [0.2, 0.25) is 0 Å². The van der Waals surface area contributed by atoms with Gasteiger partial charge >= 0.3 is 6.18 Å². The Hall–Kier alpha value is -4.22. The van der Waals surface area contributed by atoms with E-state index >= 15 is 0 Å². The number of allylic oxidation sites excluding steroid dienone is 2. The number of anilines is 3. The molecule has 2 aromatic carbocycles. The molecule has 5 rings (SSSR count). The third kappa shape index (κ3) is 7.15. The van der Waals surface area contributed by atoms with Gasteiger partial charge in [0.15, 0.2) is 0 Å². The largest absolute Gasteiger partial charge is 0.416 e. The van der Waals surface area contributed by atoms with Crippen LogP contribution in [0.4, 0.5) is 30.5 Å². The number of aliphatic hydroxyl groups excluding tert-OH is 1. The molecular weight excluding hydrogens is 571 g/mol. The maximum atomic E-state index is 13.2. The summed E-state index contributed by atoms with van der Waals surface area (Å²) < 4.78 is 39.5. The van der Waals surface area contributed by atoms with Crippen molar-refractivity contribution < 1.29 is 27.9 Å². The average Bonchev–Trinajstić information content (AvgIpc) is 2.97. The fraction of sp³-hybridized carbons (Fsp3) is 0.267. The van der Waals surface area contributed by atoms with E-state index in [1.54, 1.807) is 36.7 Å². The first-order valence-corrected chi connectivity index (χ1v) is 13.2. The fourth-order valence-electron chi connectivity index (χ4n) is 4.86. The van der Waals surface area contributed by atoms with Crippen LogP contribution in [0.5, 0.6) is 0 Å². The molecule has 3 heterocycles. The van der Waals surface area contributed by atoms with Gasteiger partial charge in [-0.1, -0.05) is 30.4 Å². The molecule has 2 aliphatic heterocycles. The van der Waals surface area contributed by atoms with Crippen molar-refractivity contribution in [2.75, 3.05) is 28.6 Å². The summed E-state index contributed by atoms with van der Waals surface area (Å²) in [6.07, 6.45) is 5.33. The third-order valence-corrected chi connectivity index (χ3v) is 7.01. The first kappa shape index (κ1) is 30.7. The highest BCUT2D eigenvalue weighted by Gasteiger charge is 2.30. The first-order chi connectivity index (χ1) is 19.7. The molecule has 0 radical (unpaired) electrons. The van der Waals surface area contributed by atoms with Crippen LogP contribution in [-0.2, 0) is 22.2 Å². The number of piperidine rings is 1. The standard InChI is InChI=1S/C30H28F3N5O3.ClH/c31-30(32,33)21-12-10-19(11-13-21)22(20-17-34-29(35-18-20)38-14-2-1-3-15-38)6-4-9-27(40)36-24-7-5-8-25-23(24)16-26(39)28(41)37-25;/h4-13,17-18,26,39H,1-3,14-16H2,(H,36,40)(H,37,41);1H. The SMILES string of the molecule is Cl.O=C(C=CC=C(c1ccc(C(F)(F)F)cc1)c1cnc(N2CCCCC2)nc1)Nc1cccc2c1CC(O)C(=O)N2. The van der Waals surface area contributed by atoms with Crippen molar-refractivity contribution in [1.29, 1.82) is 0 Å². The second-order valence-electron chi connectivity index (χ2n) is 9.86. The van der Waals surface area contributed by atoms with Gasteiger partial charge < -0.3 is 20.6 Å². The Kier molecular flexibility index (Phi) is 9.64. The van der Waals surface area contributed by atoms with Gasteiger partial charge in [0.1, 0.15) is 6.10 Å². The van der Waals surface area contributed by atoms with Crippen molar-refractivity contribution in [3.63, 3.8) is 0 Å². The smallest absolute Gasteiger partial charge is 0.383 e. The van der Waals surface area contributed by atoms with Gasteiger partial charge in [-0.2, -0.15) is 13.2 Å². The molecule has 8 nitrogen and oxygen atoms in total. The van der Waals surface area contributed by atoms with Gasteiger partial charge in [0.25, 0.3) is 5.91 Å². The van der Waals surface area contributed by atoms with Gasteiger partial charge in [-0.3, -0.25) is 9.59 Å². The molecule has 0 saturated carbocycles. The van der Waals surface area contributed by atoms with Crippen LogP contribution in [0.25, 0.3) is 5.57 Å². The predicted molar refractivity (Wildman–Crippen MR) is 156 cm³/mol. The Bertz CT molecular complexity index is 1490. The molecule has 0 spiro atoms. The quantitative estimate of drug-likeness (QED) is 0.259. The molecule has 1 aromatic heterocycles. The van der Waals surface area contributed by atoms with E-state index in [-0.39, 0.29) is 18.8 Å². The van der Waals surface area contributed by atoms with Gasteiger partial charge in [-0.15, -0.1) is 12.4 Å². The summed E-state index contributed by atoms with van der Waals surface area (Å²) in [7, 11) is 0. The maximum Gasteiger partial charge on any atom is 0.416 e. The average molecular weight is 600 g/mol. The van der Waals surface area contributed by atoms with Crippen molar-refractivity contribution >= 4 is 47.1 Å². The van der Waals surface area contributed by atoms with Crippen molar-refractivity contribution in [3.05, 3.63) is 95.3 Å². The van der Waals surface area contributed by atoms with Crippen molar-refractivity contribution in [3.8, 4) is 0 Å². The molecule has 42 heavy (non-hydrogen) atoms. The number of rotatable bonds is 6. The number of halogens is 4. The van der Waals surface area contributed by atoms with Gasteiger partial charge in [-0.05, 0) is 54.7 Å². The van der Waals surface area contributed by atoms with Gasteiger partial charge in [0.2, 0.25) is 11.9 Å². The van der Waals surface area contributed by atoms with Gasteiger partial charge in [0.05, 0.1) is 5.56 Å². The molecule has 1 fully saturated rings. The lowest BCUT2D eigenvalue weighted by molar-refractivity contribution is -0.137. The Balaban J connectivity index is 0.00000405. The number of aromatic nitrogens is 2.